The Morgan fingerprint density at radius 1 is 1.23 bits per heavy atom. The maximum Gasteiger partial charge on any atom is 0.160 e. The smallest absolute Gasteiger partial charge is 0.160 e. The van der Waals surface area contributed by atoms with Crippen LogP contribution in [0.2, 0.25) is 0 Å². The molecular formula is C17H23IO4. The van der Waals surface area contributed by atoms with Crippen molar-refractivity contribution in [2.24, 2.45) is 0 Å². The van der Waals surface area contributed by atoms with Crippen molar-refractivity contribution < 1.29 is 19.3 Å². The minimum atomic E-state index is -0.462. The van der Waals surface area contributed by atoms with Gasteiger partial charge in [-0.3, -0.25) is 0 Å². The van der Waals surface area contributed by atoms with Gasteiger partial charge in [0.25, 0.3) is 0 Å². The molecule has 2 atom stereocenters. The molecule has 0 saturated heterocycles. The summed E-state index contributed by atoms with van der Waals surface area (Å²) in [6.45, 7) is 0.589. The van der Waals surface area contributed by atoms with Crippen LogP contribution in [0, 0.1) is 0 Å². The summed E-state index contributed by atoms with van der Waals surface area (Å²) in [7, 11) is 3.26. The Balaban J connectivity index is 1.87. The molecule has 0 aliphatic heterocycles. The lowest BCUT2D eigenvalue weighted by molar-refractivity contribution is -0.0283. The Kier molecular flexibility index (Phi) is 6.98. The van der Waals surface area contributed by atoms with Gasteiger partial charge in [-0.1, -0.05) is 34.7 Å². The summed E-state index contributed by atoms with van der Waals surface area (Å²) in [6, 6.07) is 5.88. The standard InChI is InChI=1S/C17H23IO4/c1-20-14-7-6-12(10-16(14)21-2)8-9-22-15-5-3-4-13(11-18)17(15)19/h4,6-7,10,15,17,19H,3,5,8-9,11H2,1-2H3/t15-,17+/m0/s1. The van der Waals surface area contributed by atoms with Crippen LogP contribution in [0.4, 0.5) is 0 Å². The maximum absolute atomic E-state index is 10.2. The predicted octanol–water partition coefficient (Wildman–Crippen LogP) is 3.15. The molecule has 0 bridgehead atoms. The number of aliphatic hydroxyl groups excluding tert-OH is 1. The van der Waals surface area contributed by atoms with E-state index in [0.717, 1.165) is 46.3 Å². The van der Waals surface area contributed by atoms with Gasteiger partial charge in [-0.05, 0) is 42.5 Å². The molecule has 0 fully saturated rings. The molecule has 2 rings (SSSR count). The molecule has 1 aliphatic carbocycles. The molecule has 1 aliphatic rings. The molecule has 0 amide bonds. The van der Waals surface area contributed by atoms with Gasteiger partial charge < -0.3 is 19.3 Å². The molecule has 0 unspecified atom stereocenters. The number of ether oxygens (including phenoxy) is 3. The van der Waals surface area contributed by atoms with Gasteiger partial charge in [-0.25, -0.2) is 0 Å². The maximum atomic E-state index is 10.2. The van der Waals surface area contributed by atoms with E-state index in [1.165, 1.54) is 0 Å². The van der Waals surface area contributed by atoms with E-state index in [-0.39, 0.29) is 6.10 Å². The topological polar surface area (TPSA) is 47.9 Å². The third-order valence-corrected chi connectivity index (χ3v) is 4.80. The number of rotatable bonds is 7. The second-order valence-corrected chi connectivity index (χ2v) is 6.05. The Morgan fingerprint density at radius 3 is 2.68 bits per heavy atom. The van der Waals surface area contributed by atoms with Crippen molar-refractivity contribution >= 4 is 22.6 Å². The number of methoxy groups -OCH3 is 2. The summed E-state index contributed by atoms with van der Waals surface area (Å²) in [5.74, 6) is 1.46. The van der Waals surface area contributed by atoms with Gasteiger partial charge in [0.05, 0.1) is 26.9 Å². The van der Waals surface area contributed by atoms with E-state index in [0.29, 0.717) is 6.61 Å². The quantitative estimate of drug-likeness (QED) is 0.420. The fourth-order valence-electron chi connectivity index (χ4n) is 2.62. The van der Waals surface area contributed by atoms with Gasteiger partial charge in [0.2, 0.25) is 0 Å². The number of allylic oxidation sites excluding steroid dienone is 1. The zero-order chi connectivity index (χ0) is 15.9. The van der Waals surface area contributed by atoms with E-state index in [2.05, 4.69) is 28.7 Å². The monoisotopic (exact) mass is 418 g/mol. The number of hydrogen-bond donors (Lipinski definition) is 1. The number of halogens is 1. The van der Waals surface area contributed by atoms with Crippen molar-refractivity contribution in [2.75, 3.05) is 25.3 Å². The minimum Gasteiger partial charge on any atom is -0.493 e. The van der Waals surface area contributed by atoms with Crippen molar-refractivity contribution in [1.29, 1.82) is 0 Å². The van der Waals surface area contributed by atoms with Crippen LogP contribution in [0.3, 0.4) is 0 Å². The van der Waals surface area contributed by atoms with E-state index in [4.69, 9.17) is 14.2 Å². The van der Waals surface area contributed by atoms with Gasteiger partial charge in [-0.15, -0.1) is 0 Å². The molecule has 122 valence electrons. The first-order valence-electron chi connectivity index (χ1n) is 7.45. The lowest BCUT2D eigenvalue weighted by Gasteiger charge is -2.28. The zero-order valence-corrected chi connectivity index (χ0v) is 15.2. The molecule has 1 aromatic carbocycles. The summed E-state index contributed by atoms with van der Waals surface area (Å²) in [5.41, 5.74) is 2.22. The lowest BCUT2D eigenvalue weighted by Crippen LogP contribution is -2.34. The first-order chi connectivity index (χ1) is 10.7. The van der Waals surface area contributed by atoms with E-state index in [1.807, 2.05) is 18.2 Å². The van der Waals surface area contributed by atoms with Crippen LogP contribution in [0.25, 0.3) is 0 Å². The highest BCUT2D eigenvalue weighted by Crippen LogP contribution is 2.28. The van der Waals surface area contributed by atoms with Gasteiger partial charge in [-0.2, -0.15) is 0 Å². The summed E-state index contributed by atoms with van der Waals surface area (Å²) >= 11 is 2.28. The number of alkyl halides is 1. The molecule has 1 N–H and O–H groups in total. The van der Waals surface area contributed by atoms with Crippen molar-refractivity contribution in [3.63, 3.8) is 0 Å². The molecule has 0 spiro atoms. The molecule has 5 heteroatoms. The van der Waals surface area contributed by atoms with Crippen LogP contribution in [0.1, 0.15) is 18.4 Å². The molecule has 0 heterocycles. The molecule has 0 saturated carbocycles. The fraction of sp³-hybridized carbons (Fsp3) is 0.529. The van der Waals surface area contributed by atoms with Crippen LogP contribution in [0.5, 0.6) is 11.5 Å². The molecular weight excluding hydrogens is 395 g/mol. The highest BCUT2D eigenvalue weighted by atomic mass is 127. The average Bonchev–Trinajstić information content (AvgIpc) is 2.56. The van der Waals surface area contributed by atoms with Gasteiger partial charge >= 0.3 is 0 Å². The largest absolute Gasteiger partial charge is 0.493 e. The Bertz CT molecular complexity index is 515. The summed E-state index contributed by atoms with van der Waals surface area (Å²) in [6.07, 6.45) is 4.23. The minimum absolute atomic E-state index is 0.0880. The first kappa shape index (κ1) is 17.6. The number of hydrogen-bond acceptors (Lipinski definition) is 4. The Hall–Kier alpha value is -0.790. The Morgan fingerprint density at radius 2 is 2.00 bits per heavy atom. The average molecular weight is 418 g/mol. The van der Waals surface area contributed by atoms with Crippen LogP contribution < -0.4 is 9.47 Å². The zero-order valence-electron chi connectivity index (χ0n) is 13.0. The van der Waals surface area contributed by atoms with E-state index in [1.54, 1.807) is 14.2 Å². The van der Waals surface area contributed by atoms with Crippen LogP contribution in [0.15, 0.2) is 29.8 Å². The highest BCUT2D eigenvalue weighted by Gasteiger charge is 2.25. The molecule has 0 radical (unpaired) electrons. The van der Waals surface area contributed by atoms with Crippen molar-refractivity contribution in [3.05, 3.63) is 35.4 Å². The summed E-state index contributed by atoms with van der Waals surface area (Å²) in [5, 5.41) is 10.2. The molecule has 22 heavy (non-hydrogen) atoms. The second kappa shape index (κ2) is 8.74. The predicted molar refractivity (Wildman–Crippen MR) is 95.2 cm³/mol. The molecule has 0 aromatic heterocycles. The van der Waals surface area contributed by atoms with Crippen LogP contribution in [-0.2, 0) is 11.2 Å². The SMILES string of the molecule is COc1ccc(CCO[C@H]2CCC=C(CI)[C@H]2O)cc1OC. The highest BCUT2D eigenvalue weighted by molar-refractivity contribution is 14.1. The van der Waals surface area contributed by atoms with Gasteiger partial charge in [0.15, 0.2) is 11.5 Å². The normalized spacial score (nSPS) is 21.4. The molecule has 1 aromatic rings. The van der Waals surface area contributed by atoms with E-state index >= 15 is 0 Å². The number of benzene rings is 1. The van der Waals surface area contributed by atoms with Gasteiger partial charge in [0.1, 0.15) is 6.10 Å². The third-order valence-electron chi connectivity index (χ3n) is 3.91. The van der Waals surface area contributed by atoms with Gasteiger partial charge in [0, 0.05) is 4.43 Å². The van der Waals surface area contributed by atoms with Crippen molar-refractivity contribution in [2.45, 2.75) is 31.5 Å². The van der Waals surface area contributed by atoms with E-state index < -0.39 is 6.10 Å². The summed E-state index contributed by atoms with van der Waals surface area (Å²) in [4.78, 5) is 0. The Labute approximate surface area is 145 Å². The molecule has 4 nitrogen and oxygen atoms in total. The van der Waals surface area contributed by atoms with Crippen molar-refractivity contribution in [3.8, 4) is 11.5 Å². The number of aliphatic hydroxyl groups is 1. The second-order valence-electron chi connectivity index (χ2n) is 5.28. The first-order valence-corrected chi connectivity index (χ1v) is 8.97. The van der Waals surface area contributed by atoms with E-state index in [9.17, 15) is 5.11 Å². The van der Waals surface area contributed by atoms with Crippen LogP contribution >= 0.6 is 22.6 Å². The van der Waals surface area contributed by atoms with Crippen LogP contribution in [-0.4, -0.2) is 42.6 Å². The third kappa shape index (κ3) is 4.36. The van der Waals surface area contributed by atoms with Crippen molar-refractivity contribution in [1.82, 2.24) is 0 Å². The summed E-state index contributed by atoms with van der Waals surface area (Å²) < 4.78 is 17.3. The lowest BCUT2D eigenvalue weighted by atomic mass is 9.95. The fourth-order valence-corrected chi connectivity index (χ4v) is 3.39.